The Morgan fingerprint density at radius 3 is 1.86 bits per heavy atom. The molecule has 0 bridgehead atoms. The highest BCUT2D eigenvalue weighted by Crippen LogP contribution is 2.38. The molecule has 9 rings (SSSR count). The fraction of sp³-hybridized carbons (Fsp3) is 0. The summed E-state index contributed by atoms with van der Waals surface area (Å²) in [4.78, 5) is 15.3. The van der Waals surface area contributed by atoms with Crippen LogP contribution in [0.5, 0.6) is 0 Å². The molecule has 0 amide bonds. The van der Waals surface area contributed by atoms with Gasteiger partial charge in [0, 0.05) is 27.3 Å². The third-order valence-corrected chi connectivity index (χ3v) is 8.24. The minimum absolute atomic E-state index is 0.599. The maximum Gasteiger partial charge on any atom is 0.235 e. The Kier molecular flexibility index (Phi) is 5.43. The molecule has 0 fully saturated rings. The molecule has 0 unspecified atom stereocenters. The molecule has 5 nitrogen and oxygen atoms in total. The van der Waals surface area contributed by atoms with Crippen LogP contribution in [0.2, 0.25) is 0 Å². The summed E-state index contributed by atoms with van der Waals surface area (Å²) in [7, 11) is 0. The van der Waals surface area contributed by atoms with Crippen LogP contribution in [0, 0.1) is 0 Å². The van der Waals surface area contributed by atoms with E-state index in [-0.39, 0.29) is 0 Å². The van der Waals surface area contributed by atoms with Gasteiger partial charge in [-0.2, -0.15) is 0 Å². The molecule has 0 spiro atoms. The second-order valence-corrected chi connectivity index (χ2v) is 10.9. The van der Waals surface area contributed by atoms with E-state index in [1.165, 1.54) is 0 Å². The van der Waals surface area contributed by atoms with Gasteiger partial charge < -0.3 is 4.42 Å². The molecule has 3 heterocycles. The maximum absolute atomic E-state index is 6.32. The third-order valence-electron chi connectivity index (χ3n) is 8.24. The Labute approximate surface area is 252 Å². The SMILES string of the molecule is c1ccc(-c2ccc3c(c2)c2cc4oc(-c5ccccc5)nc4cc2n3-c2nc(-c3ccccc3)c3ccccc3n2)cc1. The van der Waals surface area contributed by atoms with Crippen molar-refractivity contribution in [2.24, 2.45) is 0 Å². The molecule has 206 valence electrons. The molecular weight excluding hydrogens is 540 g/mol. The van der Waals surface area contributed by atoms with Gasteiger partial charge in [-0.05, 0) is 53.6 Å². The number of oxazole rings is 1. The molecule has 0 aliphatic heterocycles. The minimum Gasteiger partial charge on any atom is -0.436 e. The highest BCUT2D eigenvalue weighted by Gasteiger charge is 2.20. The molecule has 0 N–H and O–H groups in total. The van der Waals surface area contributed by atoms with E-state index in [0.29, 0.717) is 11.8 Å². The first-order valence-electron chi connectivity index (χ1n) is 14.6. The zero-order valence-electron chi connectivity index (χ0n) is 23.6. The van der Waals surface area contributed by atoms with Crippen LogP contribution in [-0.4, -0.2) is 19.5 Å². The summed E-state index contributed by atoms with van der Waals surface area (Å²) in [6, 6.07) is 49.8. The van der Waals surface area contributed by atoms with E-state index in [9.17, 15) is 0 Å². The van der Waals surface area contributed by atoms with Gasteiger partial charge in [0.2, 0.25) is 11.8 Å². The largest absolute Gasteiger partial charge is 0.436 e. The van der Waals surface area contributed by atoms with Crippen LogP contribution in [0.1, 0.15) is 0 Å². The van der Waals surface area contributed by atoms with Crippen molar-refractivity contribution in [3.63, 3.8) is 0 Å². The van der Waals surface area contributed by atoms with E-state index in [0.717, 1.165) is 71.8 Å². The Morgan fingerprint density at radius 1 is 0.432 bits per heavy atom. The van der Waals surface area contributed by atoms with E-state index in [2.05, 4.69) is 83.4 Å². The third kappa shape index (κ3) is 3.91. The van der Waals surface area contributed by atoms with Gasteiger partial charge in [-0.25, -0.2) is 15.0 Å². The fourth-order valence-corrected chi connectivity index (χ4v) is 6.15. The van der Waals surface area contributed by atoms with Crippen LogP contribution in [0.15, 0.2) is 150 Å². The molecule has 0 atom stereocenters. The molecule has 0 aliphatic carbocycles. The number of rotatable bonds is 4. The Morgan fingerprint density at radius 2 is 1.09 bits per heavy atom. The van der Waals surface area contributed by atoms with Gasteiger partial charge in [-0.15, -0.1) is 0 Å². The lowest BCUT2D eigenvalue weighted by atomic mass is 10.0. The maximum atomic E-state index is 6.32. The topological polar surface area (TPSA) is 56.7 Å². The summed E-state index contributed by atoms with van der Waals surface area (Å²) in [5.41, 5.74) is 9.60. The summed E-state index contributed by atoms with van der Waals surface area (Å²) in [5, 5.41) is 3.17. The summed E-state index contributed by atoms with van der Waals surface area (Å²) >= 11 is 0. The molecule has 0 saturated heterocycles. The van der Waals surface area contributed by atoms with Crippen molar-refractivity contribution in [1.29, 1.82) is 0 Å². The van der Waals surface area contributed by atoms with Gasteiger partial charge in [-0.3, -0.25) is 4.57 Å². The molecule has 3 aromatic heterocycles. The Bertz CT molecular complexity index is 2480. The minimum atomic E-state index is 0.599. The number of benzene rings is 6. The number of hydrogen-bond donors (Lipinski definition) is 0. The highest BCUT2D eigenvalue weighted by molar-refractivity contribution is 6.13. The van der Waals surface area contributed by atoms with Crippen LogP contribution >= 0.6 is 0 Å². The van der Waals surface area contributed by atoms with Crippen molar-refractivity contribution in [3.05, 3.63) is 146 Å². The highest BCUT2D eigenvalue weighted by atomic mass is 16.3. The molecule has 0 aliphatic rings. The van der Waals surface area contributed by atoms with Crippen molar-refractivity contribution in [2.45, 2.75) is 0 Å². The quantitative estimate of drug-likeness (QED) is 0.213. The molecule has 44 heavy (non-hydrogen) atoms. The first kappa shape index (κ1) is 24.5. The van der Waals surface area contributed by atoms with E-state index in [1.807, 2.05) is 66.7 Å². The lowest BCUT2D eigenvalue weighted by molar-refractivity contribution is 0.620. The van der Waals surface area contributed by atoms with Crippen molar-refractivity contribution < 1.29 is 4.42 Å². The smallest absolute Gasteiger partial charge is 0.235 e. The van der Waals surface area contributed by atoms with E-state index in [1.54, 1.807) is 0 Å². The molecule has 5 heteroatoms. The molecule has 0 saturated carbocycles. The first-order valence-corrected chi connectivity index (χ1v) is 14.6. The number of fused-ring (bicyclic) bond motifs is 5. The van der Waals surface area contributed by atoms with Crippen LogP contribution in [0.4, 0.5) is 0 Å². The van der Waals surface area contributed by atoms with Crippen molar-refractivity contribution in [1.82, 2.24) is 19.5 Å². The number of aromatic nitrogens is 4. The zero-order valence-corrected chi connectivity index (χ0v) is 23.6. The van der Waals surface area contributed by atoms with E-state index in [4.69, 9.17) is 19.4 Å². The Hall–Kier alpha value is -6.07. The Balaban J connectivity index is 1.36. The van der Waals surface area contributed by atoms with Gasteiger partial charge in [-0.1, -0.05) is 103 Å². The van der Waals surface area contributed by atoms with Crippen molar-refractivity contribution >= 4 is 43.8 Å². The van der Waals surface area contributed by atoms with E-state index >= 15 is 0 Å². The number of para-hydroxylation sites is 1. The first-order chi connectivity index (χ1) is 21.8. The summed E-state index contributed by atoms with van der Waals surface area (Å²) in [5.74, 6) is 1.21. The number of nitrogens with zero attached hydrogens (tertiary/aromatic N) is 4. The van der Waals surface area contributed by atoms with Gasteiger partial charge >= 0.3 is 0 Å². The molecule has 9 aromatic rings. The van der Waals surface area contributed by atoms with Crippen LogP contribution in [0.25, 0.3) is 83.6 Å². The average molecular weight is 565 g/mol. The van der Waals surface area contributed by atoms with Gasteiger partial charge in [0.05, 0.1) is 22.2 Å². The van der Waals surface area contributed by atoms with Crippen molar-refractivity contribution in [3.8, 4) is 39.8 Å². The zero-order chi connectivity index (χ0) is 29.0. The van der Waals surface area contributed by atoms with Crippen LogP contribution in [-0.2, 0) is 0 Å². The molecule has 6 aromatic carbocycles. The molecular formula is C39H24N4O. The monoisotopic (exact) mass is 564 g/mol. The summed E-state index contributed by atoms with van der Waals surface area (Å²) in [6.45, 7) is 0. The predicted molar refractivity (Wildman–Crippen MR) is 178 cm³/mol. The predicted octanol–water partition coefficient (Wildman–Crippen LogP) is 9.87. The van der Waals surface area contributed by atoms with Gasteiger partial charge in [0.25, 0.3) is 0 Å². The summed E-state index contributed by atoms with van der Waals surface area (Å²) in [6.07, 6.45) is 0. The van der Waals surface area contributed by atoms with Gasteiger partial charge in [0.15, 0.2) is 5.58 Å². The van der Waals surface area contributed by atoms with E-state index < -0.39 is 0 Å². The van der Waals surface area contributed by atoms with Gasteiger partial charge in [0.1, 0.15) is 5.52 Å². The number of hydrogen-bond acceptors (Lipinski definition) is 4. The second-order valence-electron chi connectivity index (χ2n) is 10.9. The summed E-state index contributed by atoms with van der Waals surface area (Å²) < 4.78 is 8.49. The fourth-order valence-electron chi connectivity index (χ4n) is 6.15. The lowest BCUT2D eigenvalue weighted by Crippen LogP contribution is -2.03. The molecule has 0 radical (unpaired) electrons. The standard InChI is InChI=1S/C39H24N4O/c1-4-12-25(13-5-1)28-20-21-34-30(22-28)31-23-36-33(40-38(44-36)27-16-8-3-9-17-27)24-35(31)43(34)39-41-32-19-11-10-18-29(32)37(42-39)26-14-6-2-7-15-26/h1-24H. The van der Waals surface area contributed by atoms with Crippen LogP contribution in [0.3, 0.4) is 0 Å². The van der Waals surface area contributed by atoms with Crippen LogP contribution < -0.4 is 0 Å². The van der Waals surface area contributed by atoms with Crippen molar-refractivity contribution in [2.75, 3.05) is 0 Å². The average Bonchev–Trinajstić information content (AvgIpc) is 3.66. The normalized spacial score (nSPS) is 11.6. The lowest BCUT2D eigenvalue weighted by Gasteiger charge is -2.12. The second kappa shape index (κ2) is 9.75.